The van der Waals surface area contributed by atoms with E-state index in [2.05, 4.69) is 39.9 Å². The van der Waals surface area contributed by atoms with Crippen LogP contribution < -0.4 is 20.1 Å². The highest BCUT2D eigenvalue weighted by Crippen LogP contribution is 2.37. The standard InChI is InChI=1S/C21H27N3O3/c1-15-14-27-10-9-23(15)17-12-20(22-21(25)13-17)24-8-4-7-19(24)16-5-3-6-18(11-16)26-2/h3,5-6,11-13,15,19H,4,7-10,14H2,1-2H3,(H,22,25)/t15-,19-/m1/s1. The summed E-state index contributed by atoms with van der Waals surface area (Å²) in [4.78, 5) is 20.0. The van der Waals surface area contributed by atoms with Crippen LogP contribution in [0.3, 0.4) is 0 Å². The van der Waals surface area contributed by atoms with Crippen molar-refractivity contribution in [1.82, 2.24) is 4.98 Å². The van der Waals surface area contributed by atoms with Crippen LogP contribution in [0.2, 0.25) is 0 Å². The molecule has 0 aliphatic carbocycles. The molecule has 0 bridgehead atoms. The predicted octanol–water partition coefficient (Wildman–Crippen LogP) is 2.95. The van der Waals surface area contributed by atoms with Crippen LogP contribution in [0.1, 0.15) is 31.4 Å². The van der Waals surface area contributed by atoms with E-state index in [1.807, 2.05) is 12.1 Å². The lowest BCUT2D eigenvalue weighted by Crippen LogP contribution is -2.44. The van der Waals surface area contributed by atoms with Gasteiger partial charge in [0.25, 0.3) is 5.56 Å². The number of aromatic amines is 1. The Balaban J connectivity index is 1.66. The van der Waals surface area contributed by atoms with E-state index in [-0.39, 0.29) is 17.6 Å². The van der Waals surface area contributed by atoms with E-state index < -0.39 is 0 Å². The molecule has 0 spiro atoms. The number of nitrogens with one attached hydrogen (secondary N) is 1. The molecule has 3 heterocycles. The van der Waals surface area contributed by atoms with Crippen LogP contribution in [0.4, 0.5) is 11.5 Å². The minimum atomic E-state index is -0.0579. The minimum absolute atomic E-state index is 0.0579. The van der Waals surface area contributed by atoms with Gasteiger partial charge >= 0.3 is 0 Å². The molecule has 1 aromatic heterocycles. The number of H-pyrrole nitrogens is 1. The van der Waals surface area contributed by atoms with E-state index in [9.17, 15) is 4.79 Å². The van der Waals surface area contributed by atoms with Crippen molar-refractivity contribution >= 4 is 11.5 Å². The van der Waals surface area contributed by atoms with Crippen molar-refractivity contribution in [3.05, 3.63) is 52.3 Å². The van der Waals surface area contributed by atoms with E-state index >= 15 is 0 Å². The fourth-order valence-electron chi connectivity index (χ4n) is 4.20. The summed E-state index contributed by atoms with van der Waals surface area (Å²) in [5.74, 6) is 1.75. The number of aromatic nitrogens is 1. The highest BCUT2D eigenvalue weighted by molar-refractivity contribution is 5.57. The van der Waals surface area contributed by atoms with Gasteiger partial charge in [-0.25, -0.2) is 0 Å². The highest BCUT2D eigenvalue weighted by Gasteiger charge is 2.28. The first-order chi connectivity index (χ1) is 13.2. The third-order valence-electron chi connectivity index (χ3n) is 5.55. The van der Waals surface area contributed by atoms with E-state index in [4.69, 9.17) is 9.47 Å². The first-order valence-corrected chi connectivity index (χ1v) is 9.65. The van der Waals surface area contributed by atoms with Gasteiger partial charge in [-0.05, 0) is 37.5 Å². The molecule has 2 fully saturated rings. The monoisotopic (exact) mass is 369 g/mol. The van der Waals surface area contributed by atoms with E-state index in [0.29, 0.717) is 13.2 Å². The summed E-state index contributed by atoms with van der Waals surface area (Å²) >= 11 is 0. The highest BCUT2D eigenvalue weighted by atomic mass is 16.5. The Morgan fingerprint density at radius 2 is 2.07 bits per heavy atom. The molecule has 6 heteroatoms. The Bertz CT molecular complexity index is 851. The number of hydrogen-bond donors (Lipinski definition) is 1. The lowest BCUT2D eigenvalue weighted by molar-refractivity contribution is 0.0989. The molecule has 0 saturated carbocycles. The van der Waals surface area contributed by atoms with Crippen LogP contribution in [0.25, 0.3) is 0 Å². The molecule has 1 N–H and O–H groups in total. The zero-order valence-electron chi connectivity index (χ0n) is 16.0. The summed E-state index contributed by atoms with van der Waals surface area (Å²) in [5.41, 5.74) is 2.14. The number of rotatable bonds is 4. The molecule has 2 aromatic rings. The van der Waals surface area contributed by atoms with Gasteiger partial charge in [0.05, 0.1) is 26.4 Å². The smallest absolute Gasteiger partial charge is 0.251 e. The van der Waals surface area contributed by atoms with Gasteiger partial charge in [0.15, 0.2) is 0 Å². The summed E-state index contributed by atoms with van der Waals surface area (Å²) in [6.45, 7) is 5.26. The number of hydrogen-bond acceptors (Lipinski definition) is 5. The normalized spacial score (nSPS) is 22.9. The average molecular weight is 369 g/mol. The molecule has 2 aliphatic rings. The van der Waals surface area contributed by atoms with Crippen molar-refractivity contribution in [2.75, 3.05) is 43.2 Å². The van der Waals surface area contributed by atoms with Crippen molar-refractivity contribution in [3.63, 3.8) is 0 Å². The Hall–Kier alpha value is -2.47. The van der Waals surface area contributed by atoms with Crippen molar-refractivity contribution in [2.24, 2.45) is 0 Å². The second kappa shape index (κ2) is 7.64. The summed E-state index contributed by atoms with van der Waals surface area (Å²) < 4.78 is 10.9. The SMILES string of the molecule is COc1cccc([C@H]2CCCN2c2cc(N3CCOC[C@H]3C)cc(=O)[nH]2)c1. The largest absolute Gasteiger partial charge is 0.497 e. The molecule has 2 aliphatic heterocycles. The average Bonchev–Trinajstić information content (AvgIpc) is 3.18. The zero-order chi connectivity index (χ0) is 18.8. The molecule has 0 amide bonds. The Morgan fingerprint density at radius 1 is 1.19 bits per heavy atom. The quantitative estimate of drug-likeness (QED) is 0.898. The Morgan fingerprint density at radius 3 is 2.89 bits per heavy atom. The van der Waals surface area contributed by atoms with Gasteiger partial charge < -0.3 is 24.3 Å². The number of nitrogens with zero attached hydrogens (tertiary/aromatic N) is 2. The van der Waals surface area contributed by atoms with Gasteiger partial charge in [0.1, 0.15) is 11.6 Å². The summed E-state index contributed by atoms with van der Waals surface area (Å²) in [7, 11) is 1.69. The molecule has 2 saturated heterocycles. The summed E-state index contributed by atoms with van der Waals surface area (Å²) in [5, 5.41) is 0. The molecule has 2 atom stereocenters. The van der Waals surface area contributed by atoms with Crippen LogP contribution >= 0.6 is 0 Å². The molecule has 6 nitrogen and oxygen atoms in total. The molecule has 144 valence electrons. The number of methoxy groups -OCH3 is 1. The lowest BCUT2D eigenvalue weighted by Gasteiger charge is -2.36. The van der Waals surface area contributed by atoms with E-state index in [1.165, 1.54) is 5.56 Å². The van der Waals surface area contributed by atoms with Crippen molar-refractivity contribution in [1.29, 1.82) is 0 Å². The number of benzene rings is 1. The van der Waals surface area contributed by atoms with Gasteiger partial charge in [0, 0.05) is 37.0 Å². The van der Waals surface area contributed by atoms with Crippen LogP contribution in [0.5, 0.6) is 5.75 Å². The molecule has 27 heavy (non-hydrogen) atoms. The van der Waals surface area contributed by atoms with E-state index in [1.54, 1.807) is 13.2 Å². The zero-order valence-corrected chi connectivity index (χ0v) is 16.0. The van der Waals surface area contributed by atoms with E-state index in [0.717, 1.165) is 43.2 Å². The number of morpholine rings is 1. The summed E-state index contributed by atoms with van der Waals surface area (Å²) in [6, 6.07) is 12.5. The first-order valence-electron chi connectivity index (χ1n) is 9.65. The fourth-order valence-corrected chi connectivity index (χ4v) is 4.20. The Kier molecular flexibility index (Phi) is 5.07. The molecular formula is C21H27N3O3. The van der Waals surface area contributed by atoms with Crippen molar-refractivity contribution in [2.45, 2.75) is 31.8 Å². The molecule has 1 aromatic carbocycles. The third-order valence-corrected chi connectivity index (χ3v) is 5.55. The fraction of sp³-hybridized carbons (Fsp3) is 0.476. The van der Waals surface area contributed by atoms with Crippen LogP contribution in [-0.2, 0) is 4.74 Å². The molecule has 4 rings (SSSR count). The maximum atomic E-state index is 12.4. The Labute approximate surface area is 159 Å². The number of anilines is 2. The van der Waals surface area contributed by atoms with Gasteiger partial charge in [-0.1, -0.05) is 12.1 Å². The molecule has 0 radical (unpaired) electrons. The van der Waals surface area contributed by atoms with Gasteiger partial charge in [0.2, 0.25) is 0 Å². The maximum Gasteiger partial charge on any atom is 0.251 e. The van der Waals surface area contributed by atoms with Gasteiger partial charge in [-0.3, -0.25) is 4.79 Å². The lowest BCUT2D eigenvalue weighted by atomic mass is 10.0. The van der Waals surface area contributed by atoms with Crippen LogP contribution in [0.15, 0.2) is 41.2 Å². The molecule has 0 unspecified atom stereocenters. The van der Waals surface area contributed by atoms with Gasteiger partial charge in [-0.15, -0.1) is 0 Å². The van der Waals surface area contributed by atoms with Crippen molar-refractivity contribution < 1.29 is 9.47 Å². The minimum Gasteiger partial charge on any atom is -0.497 e. The van der Waals surface area contributed by atoms with Crippen LogP contribution in [0, 0.1) is 0 Å². The van der Waals surface area contributed by atoms with Crippen molar-refractivity contribution in [3.8, 4) is 5.75 Å². The first kappa shape index (κ1) is 17.9. The molecular weight excluding hydrogens is 342 g/mol. The summed E-state index contributed by atoms with van der Waals surface area (Å²) in [6.07, 6.45) is 2.16. The van der Waals surface area contributed by atoms with Gasteiger partial charge in [-0.2, -0.15) is 0 Å². The predicted molar refractivity (Wildman–Crippen MR) is 107 cm³/mol. The third kappa shape index (κ3) is 3.67. The number of pyridine rings is 1. The van der Waals surface area contributed by atoms with Crippen LogP contribution in [-0.4, -0.2) is 44.4 Å². The topological polar surface area (TPSA) is 57.8 Å². The second-order valence-corrected chi connectivity index (χ2v) is 7.33. The maximum absolute atomic E-state index is 12.4. The second-order valence-electron chi connectivity index (χ2n) is 7.33. The number of ether oxygens (including phenoxy) is 2.